The molecule has 3 unspecified atom stereocenters. The Morgan fingerprint density at radius 1 is 1.59 bits per heavy atom. The SMILES string of the molecule is O=C(NC1CC2CCN(C2)C1)c1ncc(Cl)o1. The predicted molar refractivity (Wildman–Crippen MR) is 61.9 cm³/mol. The van der Waals surface area contributed by atoms with Crippen LogP contribution in [0.15, 0.2) is 10.6 Å². The highest BCUT2D eigenvalue weighted by molar-refractivity contribution is 6.28. The van der Waals surface area contributed by atoms with Crippen LogP contribution in [0.25, 0.3) is 0 Å². The molecule has 2 bridgehead atoms. The van der Waals surface area contributed by atoms with Crippen LogP contribution in [0.1, 0.15) is 23.5 Å². The van der Waals surface area contributed by atoms with Crippen LogP contribution < -0.4 is 5.32 Å². The number of piperidine rings is 1. The topological polar surface area (TPSA) is 58.4 Å². The van der Waals surface area contributed by atoms with E-state index < -0.39 is 0 Å². The third-order valence-electron chi connectivity index (χ3n) is 3.47. The maximum absolute atomic E-state index is 11.8. The maximum atomic E-state index is 11.8. The first-order valence-corrected chi connectivity index (χ1v) is 6.23. The van der Waals surface area contributed by atoms with Gasteiger partial charge in [0.1, 0.15) is 0 Å². The lowest BCUT2D eigenvalue weighted by atomic mass is 9.97. The molecule has 3 atom stereocenters. The van der Waals surface area contributed by atoms with Gasteiger partial charge < -0.3 is 14.6 Å². The highest BCUT2D eigenvalue weighted by atomic mass is 35.5. The average Bonchev–Trinajstić information content (AvgIpc) is 2.85. The van der Waals surface area contributed by atoms with Gasteiger partial charge in [-0.05, 0) is 36.9 Å². The Labute approximate surface area is 104 Å². The largest absolute Gasteiger partial charge is 0.420 e. The normalized spacial score (nSPS) is 31.5. The molecule has 2 fully saturated rings. The third kappa shape index (κ3) is 2.30. The van der Waals surface area contributed by atoms with Crippen molar-refractivity contribution in [1.29, 1.82) is 0 Å². The van der Waals surface area contributed by atoms with Crippen LogP contribution in [0.3, 0.4) is 0 Å². The van der Waals surface area contributed by atoms with Crippen LogP contribution in [-0.4, -0.2) is 41.5 Å². The molecule has 1 aromatic rings. The molecule has 17 heavy (non-hydrogen) atoms. The molecule has 1 amide bonds. The molecule has 0 spiro atoms. The van der Waals surface area contributed by atoms with E-state index in [0.29, 0.717) is 0 Å². The standard InChI is InChI=1S/C11H14ClN3O2/c12-9-4-13-11(17-9)10(16)14-8-3-7-1-2-15(5-7)6-8/h4,7-8H,1-3,5-6H2,(H,14,16). The zero-order valence-electron chi connectivity index (χ0n) is 9.36. The average molecular weight is 256 g/mol. The van der Waals surface area contributed by atoms with E-state index in [-0.39, 0.29) is 23.1 Å². The molecule has 3 heterocycles. The van der Waals surface area contributed by atoms with Gasteiger partial charge >= 0.3 is 5.91 Å². The molecule has 0 aromatic carbocycles. The lowest BCUT2D eigenvalue weighted by molar-refractivity contribution is 0.0874. The van der Waals surface area contributed by atoms with Crippen molar-refractivity contribution in [2.75, 3.05) is 19.6 Å². The van der Waals surface area contributed by atoms with Crippen LogP contribution in [0.2, 0.25) is 5.22 Å². The molecule has 0 saturated carbocycles. The number of amides is 1. The van der Waals surface area contributed by atoms with Crippen molar-refractivity contribution in [3.05, 3.63) is 17.3 Å². The second-order valence-electron chi connectivity index (χ2n) is 4.79. The Hall–Kier alpha value is -1.07. The molecule has 2 aliphatic heterocycles. The van der Waals surface area contributed by atoms with Gasteiger partial charge in [-0.25, -0.2) is 4.98 Å². The highest BCUT2D eigenvalue weighted by Crippen LogP contribution is 2.26. The fourth-order valence-corrected chi connectivity index (χ4v) is 2.89. The Morgan fingerprint density at radius 2 is 2.47 bits per heavy atom. The Kier molecular flexibility index (Phi) is 2.80. The number of hydrogen-bond acceptors (Lipinski definition) is 4. The van der Waals surface area contributed by atoms with E-state index in [1.165, 1.54) is 19.2 Å². The number of rotatable bonds is 2. The van der Waals surface area contributed by atoms with Gasteiger partial charge in [-0.1, -0.05) is 0 Å². The molecule has 0 aliphatic carbocycles. The van der Waals surface area contributed by atoms with Gasteiger partial charge in [0.15, 0.2) is 0 Å². The minimum atomic E-state index is -0.274. The molecule has 1 aromatic heterocycles. The van der Waals surface area contributed by atoms with Gasteiger partial charge in [0.05, 0.1) is 6.20 Å². The summed E-state index contributed by atoms with van der Waals surface area (Å²) in [6.45, 7) is 3.26. The number of carbonyl (C=O) groups excluding carboxylic acids is 1. The van der Waals surface area contributed by atoms with E-state index in [1.807, 2.05) is 0 Å². The van der Waals surface area contributed by atoms with Gasteiger partial charge in [0.2, 0.25) is 5.22 Å². The molecule has 0 radical (unpaired) electrons. The summed E-state index contributed by atoms with van der Waals surface area (Å²) in [7, 11) is 0. The lowest BCUT2D eigenvalue weighted by Gasteiger charge is -2.30. The summed E-state index contributed by atoms with van der Waals surface area (Å²) in [5.74, 6) is 0.495. The number of halogens is 1. The van der Waals surface area contributed by atoms with Crippen LogP contribution in [0.4, 0.5) is 0 Å². The van der Waals surface area contributed by atoms with E-state index in [2.05, 4.69) is 15.2 Å². The Morgan fingerprint density at radius 3 is 3.18 bits per heavy atom. The van der Waals surface area contributed by atoms with Crippen molar-refractivity contribution in [3.8, 4) is 0 Å². The Balaban J connectivity index is 1.62. The zero-order chi connectivity index (χ0) is 11.8. The molecule has 2 saturated heterocycles. The fourth-order valence-electron chi connectivity index (χ4n) is 2.77. The van der Waals surface area contributed by atoms with Crippen molar-refractivity contribution in [2.45, 2.75) is 18.9 Å². The molecule has 5 nitrogen and oxygen atoms in total. The summed E-state index contributed by atoms with van der Waals surface area (Å²) in [5.41, 5.74) is 0. The van der Waals surface area contributed by atoms with E-state index in [1.54, 1.807) is 0 Å². The summed E-state index contributed by atoms with van der Waals surface area (Å²) in [6.07, 6.45) is 3.64. The number of fused-ring (bicyclic) bond motifs is 2. The second kappa shape index (κ2) is 4.31. The van der Waals surface area contributed by atoms with Crippen molar-refractivity contribution >= 4 is 17.5 Å². The van der Waals surface area contributed by atoms with Crippen LogP contribution in [-0.2, 0) is 0 Å². The summed E-state index contributed by atoms with van der Waals surface area (Å²) < 4.78 is 4.98. The number of oxazole rings is 1. The van der Waals surface area contributed by atoms with Crippen molar-refractivity contribution in [2.24, 2.45) is 5.92 Å². The van der Waals surface area contributed by atoms with E-state index in [4.69, 9.17) is 16.0 Å². The van der Waals surface area contributed by atoms with E-state index in [9.17, 15) is 4.79 Å². The second-order valence-corrected chi connectivity index (χ2v) is 5.16. The molecule has 6 heteroatoms. The van der Waals surface area contributed by atoms with Gasteiger partial charge in [0, 0.05) is 19.1 Å². The summed E-state index contributed by atoms with van der Waals surface area (Å²) >= 11 is 5.59. The van der Waals surface area contributed by atoms with E-state index in [0.717, 1.165) is 25.4 Å². The van der Waals surface area contributed by atoms with Crippen molar-refractivity contribution in [3.63, 3.8) is 0 Å². The molecule has 1 N–H and O–H groups in total. The maximum Gasteiger partial charge on any atom is 0.307 e. The van der Waals surface area contributed by atoms with Crippen molar-refractivity contribution in [1.82, 2.24) is 15.2 Å². The summed E-state index contributed by atoms with van der Waals surface area (Å²) in [5, 5.41) is 3.10. The van der Waals surface area contributed by atoms with Gasteiger partial charge in [-0.3, -0.25) is 4.79 Å². The number of aromatic nitrogens is 1. The predicted octanol–water partition coefficient (Wildman–Crippen LogP) is 1.15. The summed E-state index contributed by atoms with van der Waals surface area (Å²) in [6, 6.07) is 0.203. The van der Waals surface area contributed by atoms with Crippen molar-refractivity contribution < 1.29 is 9.21 Å². The van der Waals surface area contributed by atoms with E-state index >= 15 is 0 Å². The van der Waals surface area contributed by atoms with Gasteiger partial charge in [0.25, 0.3) is 5.89 Å². The van der Waals surface area contributed by atoms with Crippen LogP contribution in [0.5, 0.6) is 0 Å². The van der Waals surface area contributed by atoms with Crippen LogP contribution in [0, 0.1) is 5.92 Å². The zero-order valence-corrected chi connectivity index (χ0v) is 10.1. The number of hydrogen-bond donors (Lipinski definition) is 1. The third-order valence-corrected chi connectivity index (χ3v) is 3.65. The van der Waals surface area contributed by atoms with Crippen LogP contribution >= 0.6 is 11.6 Å². The lowest BCUT2D eigenvalue weighted by Crippen LogP contribution is -2.47. The fraction of sp³-hybridized carbons (Fsp3) is 0.636. The highest BCUT2D eigenvalue weighted by Gasteiger charge is 2.33. The first-order valence-electron chi connectivity index (χ1n) is 5.85. The monoisotopic (exact) mass is 255 g/mol. The number of nitrogens with one attached hydrogen (secondary N) is 1. The molecule has 3 rings (SSSR count). The minimum Gasteiger partial charge on any atom is -0.420 e. The smallest absolute Gasteiger partial charge is 0.307 e. The first-order chi connectivity index (χ1) is 8.20. The molecule has 92 valence electrons. The molecular formula is C11H14ClN3O2. The molecule has 2 aliphatic rings. The quantitative estimate of drug-likeness (QED) is 0.861. The minimum absolute atomic E-state index is 0.0444. The first kappa shape index (κ1) is 11.0. The number of nitrogens with zero attached hydrogens (tertiary/aromatic N) is 2. The Bertz CT molecular complexity index is 422. The molecular weight excluding hydrogens is 242 g/mol. The summed E-state index contributed by atoms with van der Waals surface area (Å²) in [4.78, 5) is 18.0. The van der Waals surface area contributed by atoms with Gasteiger partial charge in [-0.2, -0.15) is 0 Å². The number of carbonyl (C=O) groups is 1. The van der Waals surface area contributed by atoms with Gasteiger partial charge in [-0.15, -0.1) is 0 Å².